The fraction of sp³-hybridized carbons (Fsp3) is 0.211. The third-order valence-corrected chi connectivity index (χ3v) is 4.13. The molecule has 0 fully saturated rings. The molecule has 136 valence electrons. The van der Waals surface area contributed by atoms with E-state index in [1.54, 1.807) is 7.05 Å². The number of hydrogen-bond acceptors (Lipinski definition) is 5. The van der Waals surface area contributed by atoms with E-state index in [-0.39, 0.29) is 11.8 Å². The van der Waals surface area contributed by atoms with E-state index in [9.17, 15) is 0 Å². The maximum absolute atomic E-state index is 6.15. The first-order valence-corrected chi connectivity index (χ1v) is 8.57. The predicted molar refractivity (Wildman–Crippen MR) is 108 cm³/mol. The zero-order chi connectivity index (χ0) is 18.9. The fourth-order valence-electron chi connectivity index (χ4n) is 2.21. The monoisotopic (exact) mass is 391 g/mol. The Bertz CT molecular complexity index is 831. The van der Waals surface area contributed by atoms with Crippen LogP contribution in [-0.4, -0.2) is 30.8 Å². The van der Waals surface area contributed by atoms with Crippen molar-refractivity contribution in [3.63, 3.8) is 0 Å². The van der Waals surface area contributed by atoms with Gasteiger partial charge in [-0.2, -0.15) is 0 Å². The molecule has 7 heteroatoms. The van der Waals surface area contributed by atoms with Crippen molar-refractivity contribution in [2.75, 3.05) is 14.2 Å². The van der Waals surface area contributed by atoms with Gasteiger partial charge < -0.3 is 9.68 Å². The molecule has 26 heavy (non-hydrogen) atoms. The minimum atomic E-state index is 0.248. The van der Waals surface area contributed by atoms with Crippen LogP contribution >= 0.6 is 23.2 Å². The highest BCUT2D eigenvalue weighted by Gasteiger charge is 2.14. The van der Waals surface area contributed by atoms with Crippen LogP contribution < -0.4 is 0 Å². The lowest BCUT2D eigenvalue weighted by molar-refractivity contribution is 0.130. The highest BCUT2D eigenvalue weighted by Crippen LogP contribution is 2.15. The second-order valence-electron chi connectivity index (χ2n) is 5.25. The average molecular weight is 392 g/mol. The van der Waals surface area contributed by atoms with E-state index in [1.165, 1.54) is 7.11 Å². The van der Waals surface area contributed by atoms with E-state index in [1.807, 2.05) is 55.5 Å². The summed E-state index contributed by atoms with van der Waals surface area (Å²) in [7, 11) is 3.05. The van der Waals surface area contributed by atoms with Crippen LogP contribution in [0.3, 0.4) is 0 Å². The molecule has 2 aromatic carbocycles. The summed E-state index contributed by atoms with van der Waals surface area (Å²) in [6.45, 7) is 2.12. The molecule has 2 rings (SSSR count). The maximum Gasteiger partial charge on any atom is 0.153 e. The Balaban J connectivity index is 2.19. The Hall–Kier alpha value is -2.37. The molecular weight excluding hydrogens is 373 g/mol. The topological polar surface area (TPSA) is 55.5 Å². The molecule has 0 saturated heterocycles. The molecule has 0 radical (unpaired) electrons. The molecule has 0 spiro atoms. The zero-order valence-electron chi connectivity index (χ0n) is 14.7. The summed E-state index contributed by atoms with van der Waals surface area (Å²) in [5.41, 5.74) is 3.75. The second kappa shape index (κ2) is 9.94. The molecule has 0 aliphatic carbocycles. The van der Waals surface area contributed by atoms with Crippen molar-refractivity contribution in [3.8, 4) is 0 Å². The van der Waals surface area contributed by atoms with Crippen LogP contribution in [-0.2, 0) is 16.3 Å². The summed E-state index contributed by atoms with van der Waals surface area (Å²) in [6, 6.07) is 15.0. The van der Waals surface area contributed by atoms with Gasteiger partial charge in [-0.3, -0.25) is 4.99 Å². The van der Waals surface area contributed by atoms with Gasteiger partial charge in [0.05, 0.1) is 5.71 Å². The minimum Gasteiger partial charge on any atom is -0.399 e. The maximum atomic E-state index is 6.15. The largest absolute Gasteiger partial charge is 0.399 e. The first-order valence-electron chi connectivity index (χ1n) is 7.81. The van der Waals surface area contributed by atoms with E-state index in [0.717, 1.165) is 22.4 Å². The van der Waals surface area contributed by atoms with Crippen LogP contribution in [0.25, 0.3) is 0 Å². The summed E-state index contributed by atoms with van der Waals surface area (Å²) < 4.78 is 0. The van der Waals surface area contributed by atoms with Crippen molar-refractivity contribution in [1.29, 1.82) is 0 Å². The number of rotatable bonds is 7. The van der Waals surface area contributed by atoms with Crippen LogP contribution in [0, 0.1) is 0 Å². The fourth-order valence-corrected chi connectivity index (χ4v) is 2.48. The lowest BCUT2D eigenvalue weighted by atomic mass is 10.0. The smallest absolute Gasteiger partial charge is 0.153 e. The van der Waals surface area contributed by atoms with Crippen molar-refractivity contribution in [2.45, 2.75) is 13.5 Å². The van der Waals surface area contributed by atoms with Gasteiger partial charge in [0.25, 0.3) is 0 Å². The van der Waals surface area contributed by atoms with Crippen molar-refractivity contribution < 1.29 is 9.68 Å². The van der Waals surface area contributed by atoms with Crippen LogP contribution in [0.4, 0.5) is 0 Å². The summed E-state index contributed by atoms with van der Waals surface area (Å²) in [6.07, 6.45) is 0. The van der Waals surface area contributed by atoms with Crippen LogP contribution in [0.2, 0.25) is 5.02 Å². The predicted octanol–water partition coefficient (Wildman–Crippen LogP) is 4.90. The van der Waals surface area contributed by atoms with Crippen molar-refractivity contribution in [2.24, 2.45) is 15.3 Å². The lowest BCUT2D eigenvalue weighted by Crippen LogP contribution is -2.13. The molecule has 0 aliphatic rings. The Kier molecular flexibility index (Phi) is 7.63. The van der Waals surface area contributed by atoms with Crippen LogP contribution in [0.1, 0.15) is 23.6 Å². The minimum absolute atomic E-state index is 0.248. The Morgan fingerprint density at radius 1 is 1.04 bits per heavy atom. The quantitative estimate of drug-likeness (QED) is 0.497. The first-order chi connectivity index (χ1) is 12.6. The van der Waals surface area contributed by atoms with Gasteiger partial charge in [0.2, 0.25) is 0 Å². The number of nitrogens with zero attached hydrogens (tertiary/aromatic N) is 3. The molecule has 2 aromatic rings. The number of aliphatic imine (C=N–C) groups is 1. The molecule has 0 heterocycles. The normalized spacial score (nSPS) is 12.9. The van der Waals surface area contributed by atoms with Gasteiger partial charge >= 0.3 is 0 Å². The third kappa shape index (κ3) is 5.31. The van der Waals surface area contributed by atoms with Gasteiger partial charge in [-0.25, -0.2) is 0 Å². The standard InChI is InChI=1S/C19H19Cl2N3O2/c1-13(14-8-10-16(20)11-9-14)23-26-12-15-6-4-5-7-17(15)18(24-25-3)19(21)22-2/h4-11H,12H2,1-3H3/b22-19?,23-13+,24-18+. The Morgan fingerprint density at radius 3 is 2.38 bits per heavy atom. The summed E-state index contributed by atoms with van der Waals surface area (Å²) in [5.74, 6) is 0. The van der Waals surface area contributed by atoms with Gasteiger partial charge in [0.15, 0.2) is 5.17 Å². The molecule has 0 aliphatic heterocycles. The highest BCUT2D eigenvalue weighted by molar-refractivity contribution is 6.85. The summed E-state index contributed by atoms with van der Waals surface area (Å²) in [4.78, 5) is 14.4. The number of benzene rings is 2. The Morgan fingerprint density at radius 2 is 1.73 bits per heavy atom. The highest BCUT2D eigenvalue weighted by atomic mass is 35.5. The van der Waals surface area contributed by atoms with E-state index in [2.05, 4.69) is 15.3 Å². The zero-order valence-corrected chi connectivity index (χ0v) is 16.3. The number of hydrogen-bond donors (Lipinski definition) is 0. The van der Waals surface area contributed by atoms with Gasteiger partial charge in [0.1, 0.15) is 19.4 Å². The van der Waals surface area contributed by atoms with Gasteiger partial charge in [-0.05, 0) is 24.6 Å². The summed E-state index contributed by atoms with van der Waals surface area (Å²) >= 11 is 12.1. The van der Waals surface area contributed by atoms with Crippen molar-refractivity contribution >= 4 is 39.8 Å². The summed E-state index contributed by atoms with van der Waals surface area (Å²) in [5, 5.41) is 9.07. The van der Waals surface area contributed by atoms with Crippen molar-refractivity contribution in [1.82, 2.24) is 0 Å². The Labute approximate surface area is 162 Å². The molecule has 0 N–H and O–H groups in total. The van der Waals surface area contributed by atoms with Gasteiger partial charge in [0, 0.05) is 23.2 Å². The third-order valence-electron chi connectivity index (χ3n) is 3.53. The molecule has 0 amide bonds. The van der Waals surface area contributed by atoms with E-state index < -0.39 is 0 Å². The molecule has 0 aromatic heterocycles. The van der Waals surface area contributed by atoms with Crippen LogP contribution in [0.5, 0.6) is 0 Å². The number of oxime groups is 2. The SMILES string of the molecule is CN=C(Cl)/C(=N/OC)c1ccccc1CO/N=C(\C)c1ccc(Cl)cc1. The van der Waals surface area contributed by atoms with E-state index in [0.29, 0.717) is 10.7 Å². The molecule has 0 saturated carbocycles. The molecular formula is C19H19Cl2N3O2. The number of halogens is 2. The molecule has 0 bridgehead atoms. The average Bonchev–Trinajstić information content (AvgIpc) is 2.66. The molecule has 0 unspecified atom stereocenters. The van der Waals surface area contributed by atoms with Gasteiger partial charge in [-0.1, -0.05) is 69.9 Å². The molecule has 5 nitrogen and oxygen atoms in total. The second-order valence-corrected chi connectivity index (χ2v) is 6.05. The van der Waals surface area contributed by atoms with E-state index in [4.69, 9.17) is 32.9 Å². The lowest BCUT2D eigenvalue weighted by Gasteiger charge is -2.10. The van der Waals surface area contributed by atoms with Gasteiger partial charge in [-0.15, -0.1) is 0 Å². The van der Waals surface area contributed by atoms with Crippen molar-refractivity contribution in [3.05, 3.63) is 70.2 Å². The van der Waals surface area contributed by atoms with Crippen LogP contribution in [0.15, 0.2) is 63.8 Å². The molecule has 0 atom stereocenters. The van der Waals surface area contributed by atoms with E-state index >= 15 is 0 Å². The first kappa shape index (κ1) is 19.9.